The first-order valence-electron chi connectivity index (χ1n) is 6.66. The third-order valence-corrected chi connectivity index (χ3v) is 6.32. The molecule has 0 radical (unpaired) electrons. The fourth-order valence-electron chi connectivity index (χ4n) is 1.79. The molecule has 1 N–H and O–H groups in total. The summed E-state index contributed by atoms with van der Waals surface area (Å²) in [6.07, 6.45) is 0. The zero-order chi connectivity index (χ0) is 16.9. The first-order valence-corrected chi connectivity index (χ1v) is 10.5. The molecule has 0 saturated heterocycles. The summed E-state index contributed by atoms with van der Waals surface area (Å²) in [4.78, 5) is 0.211. The van der Waals surface area contributed by atoms with E-state index in [-0.39, 0.29) is 17.3 Å². The third-order valence-electron chi connectivity index (χ3n) is 2.97. The molecular weight excluding hydrogens is 425 g/mol. The molecular formula is C15H14BrClFNO2S2. The average molecular weight is 439 g/mol. The maximum absolute atomic E-state index is 13.6. The Labute approximate surface area is 152 Å². The number of nitrogens with one attached hydrogen (secondary N) is 1. The van der Waals surface area contributed by atoms with E-state index in [1.54, 1.807) is 24.3 Å². The Hall–Kier alpha value is -0.600. The lowest BCUT2D eigenvalue weighted by Gasteiger charge is -2.08. The summed E-state index contributed by atoms with van der Waals surface area (Å²) < 4.78 is 41.1. The van der Waals surface area contributed by atoms with Crippen LogP contribution < -0.4 is 4.72 Å². The van der Waals surface area contributed by atoms with Crippen LogP contribution in [0.2, 0.25) is 5.02 Å². The molecule has 2 aromatic carbocycles. The van der Waals surface area contributed by atoms with Gasteiger partial charge in [0, 0.05) is 33.1 Å². The molecule has 0 aliphatic rings. The van der Waals surface area contributed by atoms with Crippen molar-refractivity contribution in [2.45, 2.75) is 10.6 Å². The van der Waals surface area contributed by atoms with Crippen molar-refractivity contribution in [3.8, 4) is 0 Å². The summed E-state index contributed by atoms with van der Waals surface area (Å²) in [5.41, 5.74) is 0.440. The lowest BCUT2D eigenvalue weighted by Crippen LogP contribution is -2.26. The van der Waals surface area contributed by atoms with Crippen LogP contribution in [0, 0.1) is 5.82 Å². The quantitative estimate of drug-likeness (QED) is 0.650. The molecule has 0 amide bonds. The number of hydrogen-bond donors (Lipinski definition) is 1. The van der Waals surface area contributed by atoms with E-state index in [2.05, 4.69) is 20.7 Å². The van der Waals surface area contributed by atoms with Gasteiger partial charge in [0.15, 0.2) is 0 Å². The van der Waals surface area contributed by atoms with Gasteiger partial charge >= 0.3 is 0 Å². The van der Waals surface area contributed by atoms with Gasteiger partial charge in [-0.25, -0.2) is 17.5 Å². The van der Waals surface area contributed by atoms with Crippen LogP contribution in [0.5, 0.6) is 0 Å². The molecule has 124 valence electrons. The van der Waals surface area contributed by atoms with E-state index in [1.165, 1.54) is 30.0 Å². The van der Waals surface area contributed by atoms with Crippen LogP contribution in [0.15, 0.2) is 51.8 Å². The molecule has 0 aliphatic carbocycles. The van der Waals surface area contributed by atoms with Crippen LogP contribution >= 0.6 is 39.3 Å². The first kappa shape index (κ1) is 18.7. The van der Waals surface area contributed by atoms with Crippen molar-refractivity contribution < 1.29 is 12.8 Å². The summed E-state index contributed by atoms with van der Waals surface area (Å²) in [7, 11) is -3.52. The van der Waals surface area contributed by atoms with Crippen LogP contribution in [0.25, 0.3) is 0 Å². The molecule has 0 aliphatic heterocycles. The van der Waals surface area contributed by atoms with Gasteiger partial charge < -0.3 is 0 Å². The lowest BCUT2D eigenvalue weighted by atomic mass is 10.2. The van der Waals surface area contributed by atoms with E-state index in [0.717, 1.165) is 4.47 Å². The molecule has 0 heterocycles. The molecule has 23 heavy (non-hydrogen) atoms. The maximum atomic E-state index is 13.6. The summed E-state index contributed by atoms with van der Waals surface area (Å²) in [6, 6.07) is 10.9. The second kappa shape index (κ2) is 8.48. The Balaban J connectivity index is 1.82. The molecule has 8 heteroatoms. The molecule has 0 bridgehead atoms. The van der Waals surface area contributed by atoms with Crippen molar-refractivity contribution in [2.75, 3.05) is 12.3 Å². The van der Waals surface area contributed by atoms with E-state index in [0.29, 0.717) is 22.1 Å². The predicted molar refractivity (Wildman–Crippen MR) is 96.9 cm³/mol. The van der Waals surface area contributed by atoms with Gasteiger partial charge in [0.2, 0.25) is 10.0 Å². The molecule has 0 atom stereocenters. The minimum Gasteiger partial charge on any atom is -0.210 e. The van der Waals surface area contributed by atoms with Gasteiger partial charge in [0.1, 0.15) is 5.82 Å². The maximum Gasteiger partial charge on any atom is 0.240 e. The fraction of sp³-hybridized carbons (Fsp3) is 0.200. The van der Waals surface area contributed by atoms with Gasteiger partial charge in [-0.3, -0.25) is 0 Å². The molecule has 0 saturated carbocycles. The topological polar surface area (TPSA) is 46.2 Å². The Morgan fingerprint density at radius 2 is 1.87 bits per heavy atom. The second-order valence-corrected chi connectivity index (χ2v) is 8.80. The van der Waals surface area contributed by atoms with Crippen molar-refractivity contribution in [3.63, 3.8) is 0 Å². The predicted octanol–water partition coefficient (Wildman–Crippen LogP) is 4.45. The molecule has 2 rings (SSSR count). The van der Waals surface area contributed by atoms with Crippen LogP contribution in [0.3, 0.4) is 0 Å². The van der Waals surface area contributed by atoms with Gasteiger partial charge in [-0.2, -0.15) is 11.8 Å². The SMILES string of the molecule is O=S(=O)(NCCSCc1c(F)cccc1Cl)c1ccc(Br)cc1. The molecule has 2 aromatic rings. The molecule has 0 unspecified atom stereocenters. The number of rotatable bonds is 7. The van der Waals surface area contributed by atoms with E-state index in [9.17, 15) is 12.8 Å². The van der Waals surface area contributed by atoms with E-state index < -0.39 is 10.0 Å². The first-order chi connectivity index (χ1) is 10.9. The summed E-state index contributed by atoms with van der Waals surface area (Å²) in [5, 5.41) is 0.382. The highest BCUT2D eigenvalue weighted by atomic mass is 79.9. The fourth-order valence-corrected chi connectivity index (χ4v) is 4.41. The molecule has 0 aromatic heterocycles. The summed E-state index contributed by atoms with van der Waals surface area (Å²) >= 11 is 10.6. The van der Waals surface area contributed by atoms with Crippen LogP contribution in [-0.4, -0.2) is 20.7 Å². The van der Waals surface area contributed by atoms with Crippen molar-refractivity contribution in [3.05, 3.63) is 63.3 Å². The zero-order valence-electron chi connectivity index (χ0n) is 11.9. The molecule has 3 nitrogen and oxygen atoms in total. The lowest BCUT2D eigenvalue weighted by molar-refractivity contribution is 0.584. The van der Waals surface area contributed by atoms with Crippen LogP contribution in [0.1, 0.15) is 5.56 Å². The minimum absolute atomic E-state index is 0.211. The number of thioether (sulfide) groups is 1. The Kier molecular flexibility index (Phi) is 6.91. The third kappa shape index (κ3) is 5.46. The number of benzene rings is 2. The van der Waals surface area contributed by atoms with E-state index in [4.69, 9.17) is 11.6 Å². The van der Waals surface area contributed by atoms with E-state index >= 15 is 0 Å². The van der Waals surface area contributed by atoms with Gasteiger partial charge in [0.05, 0.1) is 4.90 Å². The van der Waals surface area contributed by atoms with Gasteiger partial charge in [-0.1, -0.05) is 33.6 Å². The zero-order valence-corrected chi connectivity index (χ0v) is 15.9. The van der Waals surface area contributed by atoms with Crippen molar-refractivity contribution >= 4 is 49.3 Å². The molecule has 0 spiro atoms. The Bertz CT molecular complexity index is 749. The monoisotopic (exact) mass is 437 g/mol. The normalized spacial score (nSPS) is 11.6. The Morgan fingerprint density at radius 1 is 1.17 bits per heavy atom. The van der Waals surface area contributed by atoms with Crippen LogP contribution in [-0.2, 0) is 15.8 Å². The summed E-state index contributed by atoms with van der Waals surface area (Å²) in [6.45, 7) is 0.259. The van der Waals surface area contributed by atoms with Crippen molar-refractivity contribution in [2.24, 2.45) is 0 Å². The smallest absolute Gasteiger partial charge is 0.210 e. The standard InChI is InChI=1S/C15H14BrClFNO2S2/c16-11-4-6-12(7-5-11)23(20,21)19-8-9-22-10-13-14(17)2-1-3-15(13)18/h1-7,19H,8-10H2. The number of halogens is 3. The highest BCUT2D eigenvalue weighted by Gasteiger charge is 2.13. The summed E-state index contributed by atoms with van der Waals surface area (Å²) in [5.74, 6) is 0.562. The number of sulfonamides is 1. The van der Waals surface area contributed by atoms with Crippen LogP contribution in [0.4, 0.5) is 4.39 Å². The largest absolute Gasteiger partial charge is 0.240 e. The van der Waals surface area contributed by atoms with Crippen molar-refractivity contribution in [1.82, 2.24) is 4.72 Å². The number of hydrogen-bond acceptors (Lipinski definition) is 3. The highest BCUT2D eigenvalue weighted by molar-refractivity contribution is 9.10. The minimum atomic E-state index is -3.52. The van der Waals surface area contributed by atoms with Gasteiger partial charge in [-0.15, -0.1) is 0 Å². The average Bonchev–Trinajstić information content (AvgIpc) is 2.50. The van der Waals surface area contributed by atoms with Crippen molar-refractivity contribution in [1.29, 1.82) is 0 Å². The van der Waals surface area contributed by atoms with E-state index in [1.807, 2.05) is 0 Å². The van der Waals surface area contributed by atoms with Gasteiger partial charge in [0.25, 0.3) is 0 Å². The second-order valence-electron chi connectivity index (χ2n) is 4.60. The van der Waals surface area contributed by atoms with Gasteiger partial charge in [-0.05, 0) is 36.4 Å². The highest BCUT2D eigenvalue weighted by Crippen LogP contribution is 2.23. The molecule has 0 fully saturated rings. The Morgan fingerprint density at radius 3 is 2.52 bits per heavy atom.